The highest BCUT2D eigenvalue weighted by Gasteiger charge is 2.15. The maximum absolute atomic E-state index is 12.2. The monoisotopic (exact) mass is 414 g/mol. The first-order chi connectivity index (χ1) is 14.2. The molecule has 2 heterocycles. The minimum absolute atomic E-state index is 0.199. The number of ether oxygens (including phenoxy) is 3. The lowest BCUT2D eigenvalue weighted by Gasteiger charge is -2.12. The Morgan fingerprint density at radius 1 is 1.41 bits per heavy atom. The average molecular weight is 414 g/mol. The number of nitrogens with one attached hydrogen (secondary N) is 2. The van der Waals surface area contributed by atoms with E-state index in [4.69, 9.17) is 26.4 Å². The zero-order chi connectivity index (χ0) is 20.5. The smallest absolute Gasteiger partial charge is 0.345 e. The maximum atomic E-state index is 12.2. The van der Waals surface area contributed by atoms with Gasteiger partial charge in [0.25, 0.3) is 0 Å². The third-order valence-corrected chi connectivity index (χ3v) is 4.42. The molecular weight excluding hydrogens is 392 g/mol. The minimum atomic E-state index is -0.512. The summed E-state index contributed by atoms with van der Waals surface area (Å²) in [6, 6.07) is 8.40. The van der Waals surface area contributed by atoms with Crippen LogP contribution in [0.3, 0.4) is 0 Å². The lowest BCUT2D eigenvalue weighted by atomic mass is 10.2. The van der Waals surface area contributed by atoms with Gasteiger partial charge in [-0.1, -0.05) is 0 Å². The lowest BCUT2D eigenvalue weighted by molar-refractivity contribution is 0.0729. The van der Waals surface area contributed by atoms with Gasteiger partial charge < -0.3 is 19.5 Å². The first-order valence-electron chi connectivity index (χ1n) is 9.14. The fraction of sp³-hybridized carbons (Fsp3) is 0.300. The molecule has 1 aromatic carbocycles. The van der Waals surface area contributed by atoms with Crippen molar-refractivity contribution in [2.75, 3.05) is 20.3 Å². The molecule has 0 unspecified atom stereocenters. The zero-order valence-electron chi connectivity index (χ0n) is 16.0. The van der Waals surface area contributed by atoms with Crippen LogP contribution in [0.5, 0.6) is 11.5 Å². The first-order valence-corrected chi connectivity index (χ1v) is 9.55. The molecule has 1 aromatic heterocycles. The van der Waals surface area contributed by atoms with Crippen LogP contribution in [-0.4, -0.2) is 48.6 Å². The summed E-state index contributed by atoms with van der Waals surface area (Å²) in [7, 11) is 1.50. The number of hydrogen-bond donors (Lipinski definition) is 2. The summed E-state index contributed by atoms with van der Waals surface area (Å²) >= 11 is 5.19. The maximum Gasteiger partial charge on any atom is 0.345 e. The number of hydrogen-bond acceptors (Lipinski definition) is 7. The van der Waals surface area contributed by atoms with Crippen LogP contribution in [-0.2, 0) is 4.74 Å². The molecule has 1 aliphatic heterocycles. The minimum Gasteiger partial charge on any atom is -0.493 e. The Kier molecular flexibility index (Phi) is 7.48. The molecule has 1 fully saturated rings. The predicted molar refractivity (Wildman–Crippen MR) is 112 cm³/mol. The van der Waals surface area contributed by atoms with Gasteiger partial charge in [0.2, 0.25) is 0 Å². The van der Waals surface area contributed by atoms with Crippen molar-refractivity contribution in [2.45, 2.75) is 18.9 Å². The second kappa shape index (κ2) is 10.5. The summed E-state index contributed by atoms with van der Waals surface area (Å²) in [5, 5.41) is 7.61. The quantitative estimate of drug-likeness (QED) is 0.234. The summed E-state index contributed by atoms with van der Waals surface area (Å²) in [6.07, 6.45) is 6.94. The fourth-order valence-electron chi connectivity index (χ4n) is 2.71. The molecule has 3 rings (SSSR count). The molecule has 0 amide bonds. The van der Waals surface area contributed by atoms with Gasteiger partial charge in [-0.2, -0.15) is 5.10 Å². The Morgan fingerprint density at radius 2 is 2.31 bits per heavy atom. The summed E-state index contributed by atoms with van der Waals surface area (Å²) in [5.74, 6) is 0.202. The standard InChI is InChI=1S/C20H22N4O4S/c1-26-18-10-14(11-23-24-20(29)22-13-16-5-3-9-27-16)6-7-17(18)28-19(25)15-4-2-8-21-12-15/h2,4,6-8,10-12,16H,3,5,9,13H2,1H3,(H2,22,24,29)/b23-11-/t16-/m1/s1. The van der Waals surface area contributed by atoms with Crippen molar-refractivity contribution < 1.29 is 19.0 Å². The molecule has 2 aromatic rings. The molecule has 0 radical (unpaired) electrons. The first kappa shape index (κ1) is 20.7. The Morgan fingerprint density at radius 3 is 3.03 bits per heavy atom. The average Bonchev–Trinajstić information content (AvgIpc) is 3.27. The number of thiocarbonyl (C=S) groups is 1. The molecule has 2 N–H and O–H groups in total. The van der Waals surface area contributed by atoms with E-state index in [1.165, 1.54) is 13.3 Å². The Hall–Kier alpha value is -3.04. The van der Waals surface area contributed by atoms with Gasteiger partial charge in [-0.25, -0.2) is 4.79 Å². The lowest BCUT2D eigenvalue weighted by Crippen LogP contribution is -2.37. The number of methoxy groups -OCH3 is 1. The van der Waals surface area contributed by atoms with Gasteiger partial charge in [0, 0.05) is 25.5 Å². The molecule has 1 aliphatic rings. The van der Waals surface area contributed by atoms with Gasteiger partial charge >= 0.3 is 5.97 Å². The van der Waals surface area contributed by atoms with E-state index < -0.39 is 5.97 Å². The van der Waals surface area contributed by atoms with Crippen molar-refractivity contribution in [3.63, 3.8) is 0 Å². The molecule has 1 atom stereocenters. The summed E-state index contributed by atoms with van der Waals surface area (Å²) in [4.78, 5) is 16.1. The molecule has 0 saturated carbocycles. The van der Waals surface area contributed by atoms with E-state index in [1.807, 2.05) is 0 Å². The van der Waals surface area contributed by atoms with Crippen molar-refractivity contribution in [3.8, 4) is 11.5 Å². The van der Waals surface area contributed by atoms with Crippen molar-refractivity contribution in [1.82, 2.24) is 15.7 Å². The largest absolute Gasteiger partial charge is 0.493 e. The molecule has 9 heteroatoms. The number of aromatic nitrogens is 1. The number of pyridine rings is 1. The number of rotatable bonds is 7. The van der Waals surface area contributed by atoms with Crippen LogP contribution in [0, 0.1) is 0 Å². The van der Waals surface area contributed by atoms with Crippen LogP contribution in [0.1, 0.15) is 28.8 Å². The number of carbonyl (C=O) groups excluding carboxylic acids is 1. The fourth-order valence-corrected chi connectivity index (χ4v) is 2.84. The van der Waals surface area contributed by atoms with E-state index in [1.54, 1.807) is 42.7 Å². The van der Waals surface area contributed by atoms with Crippen LogP contribution in [0.4, 0.5) is 0 Å². The van der Waals surface area contributed by atoms with Crippen LogP contribution >= 0.6 is 12.2 Å². The van der Waals surface area contributed by atoms with Crippen LogP contribution < -0.4 is 20.2 Å². The topological polar surface area (TPSA) is 94.1 Å². The van der Waals surface area contributed by atoms with Crippen molar-refractivity contribution in [2.24, 2.45) is 5.10 Å². The Balaban J connectivity index is 1.54. The molecule has 152 valence electrons. The Bertz CT molecular complexity index is 870. The van der Waals surface area contributed by atoms with E-state index in [0.29, 0.717) is 28.7 Å². The summed E-state index contributed by atoms with van der Waals surface area (Å²) < 4.78 is 16.2. The van der Waals surface area contributed by atoms with Gasteiger partial charge in [-0.05, 0) is 61.0 Å². The van der Waals surface area contributed by atoms with Gasteiger partial charge in [-0.3, -0.25) is 10.4 Å². The van der Waals surface area contributed by atoms with Crippen LogP contribution in [0.2, 0.25) is 0 Å². The molecule has 1 saturated heterocycles. The number of carbonyl (C=O) groups is 1. The number of esters is 1. The molecular formula is C20H22N4O4S. The van der Waals surface area contributed by atoms with E-state index in [0.717, 1.165) is 25.0 Å². The highest BCUT2D eigenvalue weighted by Crippen LogP contribution is 2.28. The van der Waals surface area contributed by atoms with Gasteiger partial charge in [-0.15, -0.1) is 0 Å². The number of hydrazone groups is 1. The van der Waals surface area contributed by atoms with E-state index >= 15 is 0 Å². The number of nitrogens with zero attached hydrogens (tertiary/aromatic N) is 2. The molecule has 29 heavy (non-hydrogen) atoms. The highest BCUT2D eigenvalue weighted by atomic mass is 32.1. The second-order valence-electron chi connectivity index (χ2n) is 6.26. The van der Waals surface area contributed by atoms with Crippen LogP contribution in [0.15, 0.2) is 47.8 Å². The Labute approximate surface area is 174 Å². The molecule has 0 spiro atoms. The molecule has 0 aliphatic carbocycles. The SMILES string of the molecule is COc1cc(/C=N\NC(=S)NC[C@H]2CCCO2)ccc1OC(=O)c1cccnc1. The van der Waals surface area contributed by atoms with E-state index in [2.05, 4.69) is 20.8 Å². The van der Waals surface area contributed by atoms with Crippen molar-refractivity contribution in [3.05, 3.63) is 53.9 Å². The summed E-state index contributed by atoms with van der Waals surface area (Å²) in [5.41, 5.74) is 3.86. The number of benzene rings is 1. The van der Waals surface area contributed by atoms with Gasteiger partial charge in [0.05, 0.1) is 25.0 Å². The second-order valence-corrected chi connectivity index (χ2v) is 6.66. The van der Waals surface area contributed by atoms with Crippen molar-refractivity contribution >= 4 is 29.5 Å². The third-order valence-electron chi connectivity index (χ3n) is 4.18. The predicted octanol–water partition coefficient (Wildman–Crippen LogP) is 2.29. The molecule has 0 bridgehead atoms. The van der Waals surface area contributed by atoms with Gasteiger partial charge in [0.1, 0.15) is 0 Å². The highest BCUT2D eigenvalue weighted by molar-refractivity contribution is 7.80. The van der Waals surface area contributed by atoms with Crippen molar-refractivity contribution in [1.29, 1.82) is 0 Å². The van der Waals surface area contributed by atoms with Crippen LogP contribution in [0.25, 0.3) is 0 Å². The zero-order valence-corrected chi connectivity index (χ0v) is 16.8. The molecule has 8 nitrogen and oxygen atoms in total. The third kappa shape index (κ3) is 6.23. The summed E-state index contributed by atoms with van der Waals surface area (Å²) in [6.45, 7) is 1.46. The normalized spacial score (nSPS) is 15.8. The van der Waals surface area contributed by atoms with Gasteiger partial charge in [0.15, 0.2) is 16.6 Å². The van der Waals surface area contributed by atoms with E-state index in [9.17, 15) is 4.79 Å². The van der Waals surface area contributed by atoms with E-state index in [-0.39, 0.29) is 6.10 Å².